The number of aliphatic carboxylic acids is 1. The van der Waals surface area contributed by atoms with Gasteiger partial charge in [0, 0.05) is 5.56 Å². The molecule has 0 spiro atoms. The number of hydrogen-bond donors (Lipinski definition) is 1. The van der Waals surface area contributed by atoms with E-state index in [1.165, 1.54) is 5.56 Å². The molecule has 0 saturated carbocycles. The quantitative estimate of drug-likeness (QED) is 0.863. The summed E-state index contributed by atoms with van der Waals surface area (Å²) in [4.78, 5) is 11.1. The van der Waals surface area contributed by atoms with E-state index in [0.717, 1.165) is 16.9 Å². The smallest absolute Gasteiger partial charge is 0.303 e. The van der Waals surface area contributed by atoms with Crippen LogP contribution in [0.5, 0.6) is 5.75 Å². The normalized spacial score (nSPS) is 13.8. The predicted octanol–water partition coefficient (Wildman–Crippen LogP) is 4.87. The van der Waals surface area contributed by atoms with Crippen LogP contribution >= 0.6 is 0 Å². The van der Waals surface area contributed by atoms with Gasteiger partial charge in [0.15, 0.2) is 0 Å². The molecular weight excluding hydrogens is 276 g/mol. The minimum Gasteiger partial charge on any atom is -0.496 e. The van der Waals surface area contributed by atoms with Crippen molar-refractivity contribution in [2.75, 3.05) is 7.11 Å². The van der Waals surface area contributed by atoms with Gasteiger partial charge < -0.3 is 9.84 Å². The van der Waals surface area contributed by atoms with Crippen molar-refractivity contribution in [1.29, 1.82) is 0 Å². The molecule has 3 heteroatoms. The highest BCUT2D eigenvalue weighted by Crippen LogP contribution is 2.41. The highest BCUT2D eigenvalue weighted by atomic mass is 16.5. The number of carbonyl (C=O) groups is 1. The zero-order valence-corrected chi connectivity index (χ0v) is 15.2. The summed E-state index contributed by atoms with van der Waals surface area (Å²) in [5, 5.41) is 9.13. The second kappa shape index (κ2) is 6.31. The number of benzene rings is 1. The summed E-state index contributed by atoms with van der Waals surface area (Å²) in [6, 6.07) is 4.32. The van der Waals surface area contributed by atoms with E-state index < -0.39 is 5.97 Å². The van der Waals surface area contributed by atoms with Gasteiger partial charge in [0.05, 0.1) is 13.5 Å². The van der Waals surface area contributed by atoms with Crippen molar-refractivity contribution in [1.82, 2.24) is 0 Å². The van der Waals surface area contributed by atoms with Crippen molar-refractivity contribution in [3.63, 3.8) is 0 Å². The van der Waals surface area contributed by atoms with Crippen LogP contribution in [-0.2, 0) is 15.6 Å². The van der Waals surface area contributed by atoms with Crippen LogP contribution in [0.3, 0.4) is 0 Å². The van der Waals surface area contributed by atoms with Crippen molar-refractivity contribution in [3.05, 3.63) is 28.8 Å². The SMILES string of the molecule is COc1c(C(C)CC(=O)O)cc(C(C)(C)C)cc1C(C)(C)C. The van der Waals surface area contributed by atoms with Crippen LogP contribution in [0, 0.1) is 0 Å². The minimum absolute atomic E-state index is 0.00393. The van der Waals surface area contributed by atoms with Crippen LogP contribution in [0.15, 0.2) is 12.1 Å². The second-order valence-corrected chi connectivity index (χ2v) is 8.15. The zero-order valence-electron chi connectivity index (χ0n) is 15.2. The summed E-state index contributed by atoms with van der Waals surface area (Å²) in [6.45, 7) is 14.9. The Balaban J connectivity index is 3.62. The van der Waals surface area contributed by atoms with Crippen molar-refractivity contribution in [2.24, 2.45) is 0 Å². The molecule has 1 atom stereocenters. The van der Waals surface area contributed by atoms with E-state index in [0.29, 0.717) is 0 Å². The van der Waals surface area contributed by atoms with Gasteiger partial charge in [-0.15, -0.1) is 0 Å². The van der Waals surface area contributed by atoms with E-state index in [4.69, 9.17) is 9.84 Å². The molecule has 0 aromatic heterocycles. The molecule has 3 nitrogen and oxygen atoms in total. The summed E-state index contributed by atoms with van der Waals surface area (Å²) in [6.07, 6.45) is 0.105. The Morgan fingerprint density at radius 2 is 1.68 bits per heavy atom. The summed E-state index contributed by atoms with van der Waals surface area (Å²) in [5.41, 5.74) is 3.27. The van der Waals surface area contributed by atoms with E-state index in [2.05, 4.69) is 53.7 Å². The topological polar surface area (TPSA) is 46.5 Å². The van der Waals surface area contributed by atoms with Crippen LogP contribution in [0.4, 0.5) is 0 Å². The number of ether oxygens (including phenoxy) is 1. The molecule has 0 bridgehead atoms. The molecule has 22 heavy (non-hydrogen) atoms. The van der Waals surface area contributed by atoms with E-state index in [1.807, 2.05) is 6.92 Å². The van der Waals surface area contributed by atoms with Gasteiger partial charge in [0.1, 0.15) is 5.75 Å². The molecule has 1 unspecified atom stereocenters. The molecule has 0 amide bonds. The van der Waals surface area contributed by atoms with Gasteiger partial charge in [-0.05, 0) is 27.9 Å². The van der Waals surface area contributed by atoms with Crippen LogP contribution in [0.2, 0.25) is 0 Å². The average Bonchev–Trinajstić information content (AvgIpc) is 2.33. The maximum Gasteiger partial charge on any atom is 0.303 e. The first-order valence-electron chi connectivity index (χ1n) is 7.82. The third-order valence-corrected chi connectivity index (χ3v) is 4.01. The minimum atomic E-state index is -0.784. The lowest BCUT2D eigenvalue weighted by Gasteiger charge is -2.30. The molecular formula is C19H30O3. The molecule has 1 aromatic carbocycles. The van der Waals surface area contributed by atoms with Crippen LogP contribution in [0.1, 0.15) is 77.5 Å². The molecule has 1 aromatic rings. The van der Waals surface area contributed by atoms with Crippen LogP contribution < -0.4 is 4.74 Å². The maximum absolute atomic E-state index is 11.1. The molecule has 0 saturated heterocycles. The number of carboxylic acid groups (broad SMARTS) is 1. The first-order valence-corrected chi connectivity index (χ1v) is 7.82. The molecule has 124 valence electrons. The largest absolute Gasteiger partial charge is 0.496 e. The van der Waals surface area contributed by atoms with Gasteiger partial charge in [-0.25, -0.2) is 0 Å². The number of methoxy groups -OCH3 is 1. The maximum atomic E-state index is 11.1. The van der Waals surface area contributed by atoms with Gasteiger partial charge in [-0.3, -0.25) is 4.79 Å². The molecule has 1 N–H and O–H groups in total. The Labute approximate surface area is 134 Å². The van der Waals surface area contributed by atoms with Crippen molar-refractivity contribution < 1.29 is 14.6 Å². The molecule has 0 radical (unpaired) electrons. The van der Waals surface area contributed by atoms with E-state index >= 15 is 0 Å². The van der Waals surface area contributed by atoms with Gasteiger partial charge in [0.2, 0.25) is 0 Å². The highest BCUT2D eigenvalue weighted by molar-refractivity contribution is 5.68. The fraction of sp³-hybridized carbons (Fsp3) is 0.632. The van der Waals surface area contributed by atoms with Crippen LogP contribution in [0.25, 0.3) is 0 Å². The summed E-state index contributed by atoms with van der Waals surface area (Å²) in [7, 11) is 1.67. The molecule has 0 heterocycles. The summed E-state index contributed by atoms with van der Waals surface area (Å²) < 4.78 is 5.68. The third kappa shape index (κ3) is 4.25. The standard InChI is InChI=1S/C19H30O3/c1-12(9-16(20)21)14-10-13(18(2,3)4)11-15(17(14)22-8)19(5,6)7/h10-12H,9H2,1-8H3,(H,20,21). The van der Waals surface area contributed by atoms with Gasteiger partial charge in [-0.1, -0.05) is 60.6 Å². The Kier molecular flexibility index (Phi) is 5.32. The fourth-order valence-electron chi connectivity index (χ4n) is 2.61. The van der Waals surface area contributed by atoms with E-state index in [1.54, 1.807) is 7.11 Å². The first kappa shape index (κ1) is 18.5. The Hall–Kier alpha value is -1.51. The molecule has 0 aliphatic carbocycles. The zero-order chi connectivity index (χ0) is 17.3. The van der Waals surface area contributed by atoms with E-state index in [-0.39, 0.29) is 23.2 Å². The number of hydrogen-bond acceptors (Lipinski definition) is 2. The Morgan fingerprint density at radius 1 is 1.14 bits per heavy atom. The second-order valence-electron chi connectivity index (χ2n) is 8.15. The Bertz CT molecular complexity index is 545. The van der Waals surface area contributed by atoms with Gasteiger partial charge >= 0.3 is 5.97 Å². The molecule has 0 aliphatic heterocycles. The summed E-state index contributed by atoms with van der Waals surface area (Å²) >= 11 is 0. The predicted molar refractivity (Wildman–Crippen MR) is 91.1 cm³/mol. The van der Waals surface area contributed by atoms with Crippen LogP contribution in [-0.4, -0.2) is 18.2 Å². The highest BCUT2D eigenvalue weighted by Gasteiger charge is 2.27. The van der Waals surface area contributed by atoms with Crippen molar-refractivity contribution >= 4 is 5.97 Å². The Morgan fingerprint density at radius 3 is 2.05 bits per heavy atom. The molecule has 0 fully saturated rings. The number of rotatable bonds is 4. The monoisotopic (exact) mass is 306 g/mol. The lowest BCUT2D eigenvalue weighted by molar-refractivity contribution is -0.137. The fourth-order valence-corrected chi connectivity index (χ4v) is 2.61. The molecule has 1 rings (SSSR count). The summed E-state index contributed by atoms with van der Waals surface area (Å²) in [5.74, 6) is -0.0434. The average molecular weight is 306 g/mol. The van der Waals surface area contributed by atoms with Gasteiger partial charge in [0.25, 0.3) is 0 Å². The van der Waals surface area contributed by atoms with Crippen molar-refractivity contribution in [2.45, 2.75) is 71.6 Å². The third-order valence-electron chi connectivity index (χ3n) is 4.01. The molecule has 0 aliphatic rings. The first-order chi connectivity index (χ1) is 9.87. The lowest BCUT2D eigenvalue weighted by atomic mass is 9.77. The lowest BCUT2D eigenvalue weighted by Crippen LogP contribution is -2.19. The van der Waals surface area contributed by atoms with Gasteiger partial charge in [-0.2, -0.15) is 0 Å². The number of carboxylic acids is 1. The van der Waals surface area contributed by atoms with E-state index in [9.17, 15) is 4.79 Å². The van der Waals surface area contributed by atoms with Crippen molar-refractivity contribution in [3.8, 4) is 5.75 Å².